The van der Waals surface area contributed by atoms with Crippen molar-refractivity contribution in [1.82, 2.24) is 10.3 Å². The van der Waals surface area contributed by atoms with Crippen LogP contribution in [-0.2, 0) is 9.53 Å². The third-order valence-corrected chi connectivity index (χ3v) is 2.62. The second-order valence-corrected chi connectivity index (χ2v) is 4.46. The maximum absolute atomic E-state index is 11.5. The number of nitrogens with one attached hydrogen (secondary N) is 2. The number of methoxy groups -OCH3 is 1. The molecule has 1 aromatic heterocycles. The highest BCUT2D eigenvalue weighted by Crippen LogP contribution is 2.20. The number of carbonyl (C=O) groups is 1. The zero-order valence-electron chi connectivity index (χ0n) is 12.6. The van der Waals surface area contributed by atoms with E-state index in [1.54, 1.807) is 19.2 Å². The fourth-order valence-corrected chi connectivity index (χ4v) is 1.55. The van der Waals surface area contributed by atoms with E-state index >= 15 is 0 Å². The Morgan fingerprint density at radius 1 is 1.33 bits per heavy atom. The second kappa shape index (κ2) is 9.82. The lowest BCUT2D eigenvalue weighted by Gasteiger charge is -2.10. The van der Waals surface area contributed by atoms with Crippen molar-refractivity contribution >= 4 is 17.4 Å². The Balaban J connectivity index is 2.36. The number of ether oxygens (including phenoxy) is 2. The van der Waals surface area contributed by atoms with Crippen molar-refractivity contribution in [3.8, 4) is 5.88 Å². The third-order valence-electron chi connectivity index (χ3n) is 2.62. The smallest absolute Gasteiger partial charge is 0.239 e. The van der Waals surface area contributed by atoms with Crippen molar-refractivity contribution < 1.29 is 14.3 Å². The van der Waals surface area contributed by atoms with Crippen LogP contribution in [0.2, 0.25) is 0 Å². The van der Waals surface area contributed by atoms with Crippen LogP contribution in [0.25, 0.3) is 0 Å². The van der Waals surface area contributed by atoms with Crippen LogP contribution in [-0.4, -0.2) is 44.3 Å². The summed E-state index contributed by atoms with van der Waals surface area (Å²) in [5.41, 5.74) is 6.29. The number of nitrogens with two attached hydrogens (primary N) is 1. The zero-order chi connectivity index (χ0) is 15.5. The summed E-state index contributed by atoms with van der Waals surface area (Å²) in [6.45, 7) is 4.10. The van der Waals surface area contributed by atoms with Gasteiger partial charge in [0.2, 0.25) is 11.8 Å². The van der Waals surface area contributed by atoms with Crippen molar-refractivity contribution in [1.29, 1.82) is 0 Å². The van der Waals surface area contributed by atoms with Gasteiger partial charge in [-0.05, 0) is 18.6 Å². The summed E-state index contributed by atoms with van der Waals surface area (Å²) in [4.78, 5) is 15.8. The number of hydrogen-bond donors (Lipinski definition) is 3. The standard InChI is InChI=1S/C14H24N4O3/c1-3-9-21-14-11(15)4-5-12(18-14)16-7-6-13(19)17-8-10-20-2/h4-5H,3,6-10,15H2,1-2H3,(H,16,18)(H,17,19). The van der Waals surface area contributed by atoms with E-state index in [4.69, 9.17) is 15.2 Å². The minimum absolute atomic E-state index is 0.0301. The molecule has 1 rings (SSSR count). The molecule has 0 saturated carbocycles. The molecule has 0 atom stereocenters. The molecule has 21 heavy (non-hydrogen) atoms. The molecule has 0 aliphatic heterocycles. The summed E-state index contributed by atoms with van der Waals surface area (Å²) in [5, 5.41) is 5.82. The first-order valence-corrected chi connectivity index (χ1v) is 7.06. The van der Waals surface area contributed by atoms with E-state index in [9.17, 15) is 4.79 Å². The van der Waals surface area contributed by atoms with Crippen molar-refractivity contribution in [2.24, 2.45) is 0 Å². The van der Waals surface area contributed by atoms with Crippen LogP contribution in [0.1, 0.15) is 19.8 Å². The van der Waals surface area contributed by atoms with Crippen LogP contribution >= 0.6 is 0 Å². The molecule has 0 spiro atoms. The molecule has 0 fully saturated rings. The third kappa shape index (κ3) is 6.80. The van der Waals surface area contributed by atoms with Gasteiger partial charge in [0.15, 0.2) is 0 Å². The maximum Gasteiger partial charge on any atom is 0.239 e. The Morgan fingerprint density at radius 2 is 2.14 bits per heavy atom. The first-order chi connectivity index (χ1) is 10.2. The van der Waals surface area contributed by atoms with E-state index in [1.807, 2.05) is 6.92 Å². The fourth-order valence-electron chi connectivity index (χ4n) is 1.55. The van der Waals surface area contributed by atoms with E-state index in [1.165, 1.54) is 0 Å². The highest BCUT2D eigenvalue weighted by atomic mass is 16.5. The SMILES string of the molecule is CCCOc1nc(NCCC(=O)NCCOC)ccc1N. The molecule has 0 aromatic carbocycles. The molecule has 7 nitrogen and oxygen atoms in total. The molecule has 0 saturated heterocycles. The van der Waals surface area contributed by atoms with Crippen molar-refractivity contribution in [2.75, 3.05) is 44.5 Å². The topological polar surface area (TPSA) is 98.5 Å². The van der Waals surface area contributed by atoms with Crippen molar-refractivity contribution in [3.05, 3.63) is 12.1 Å². The van der Waals surface area contributed by atoms with Crippen molar-refractivity contribution in [3.63, 3.8) is 0 Å². The highest BCUT2D eigenvalue weighted by molar-refractivity contribution is 5.76. The Bertz CT molecular complexity index is 440. The van der Waals surface area contributed by atoms with Crippen LogP contribution in [0.3, 0.4) is 0 Å². The zero-order valence-corrected chi connectivity index (χ0v) is 12.6. The number of anilines is 2. The van der Waals surface area contributed by atoms with E-state index in [-0.39, 0.29) is 5.91 Å². The molecule has 0 radical (unpaired) electrons. The fraction of sp³-hybridized carbons (Fsp3) is 0.571. The molecule has 0 unspecified atom stereocenters. The van der Waals surface area contributed by atoms with Gasteiger partial charge in [0.1, 0.15) is 5.82 Å². The minimum Gasteiger partial charge on any atom is -0.476 e. The quantitative estimate of drug-likeness (QED) is 0.558. The molecular formula is C14H24N4O3. The van der Waals surface area contributed by atoms with E-state index in [2.05, 4.69) is 15.6 Å². The van der Waals surface area contributed by atoms with Gasteiger partial charge in [-0.2, -0.15) is 4.98 Å². The summed E-state index contributed by atoms with van der Waals surface area (Å²) in [5.74, 6) is 1.03. The van der Waals surface area contributed by atoms with Crippen molar-refractivity contribution in [2.45, 2.75) is 19.8 Å². The monoisotopic (exact) mass is 296 g/mol. The summed E-state index contributed by atoms with van der Waals surface area (Å²) in [6, 6.07) is 3.50. The van der Waals surface area contributed by atoms with Gasteiger partial charge in [0.25, 0.3) is 0 Å². The lowest BCUT2D eigenvalue weighted by atomic mass is 10.3. The summed E-state index contributed by atoms with van der Waals surface area (Å²) in [6.07, 6.45) is 1.25. The molecule has 0 aliphatic rings. The van der Waals surface area contributed by atoms with Gasteiger partial charge in [0.05, 0.1) is 18.9 Å². The van der Waals surface area contributed by atoms with Crippen LogP contribution in [0, 0.1) is 0 Å². The number of nitrogen functional groups attached to an aromatic ring is 1. The molecule has 1 amide bonds. The van der Waals surface area contributed by atoms with Gasteiger partial charge < -0.3 is 25.8 Å². The second-order valence-electron chi connectivity index (χ2n) is 4.46. The molecule has 7 heteroatoms. The van der Waals surface area contributed by atoms with Gasteiger partial charge >= 0.3 is 0 Å². The van der Waals surface area contributed by atoms with Crippen LogP contribution in [0.15, 0.2) is 12.1 Å². The van der Waals surface area contributed by atoms with Gasteiger partial charge in [-0.25, -0.2) is 0 Å². The Kier molecular flexibility index (Phi) is 7.96. The molecule has 0 aliphatic carbocycles. The van der Waals surface area contributed by atoms with Crippen LogP contribution < -0.4 is 21.1 Å². The van der Waals surface area contributed by atoms with Gasteiger partial charge in [-0.15, -0.1) is 0 Å². The number of nitrogens with zero attached hydrogens (tertiary/aromatic N) is 1. The molecular weight excluding hydrogens is 272 g/mol. The first kappa shape index (κ1) is 17.0. The summed E-state index contributed by atoms with van der Waals surface area (Å²) >= 11 is 0. The van der Waals surface area contributed by atoms with E-state index in [0.717, 1.165) is 6.42 Å². The van der Waals surface area contributed by atoms with Crippen LogP contribution in [0.5, 0.6) is 5.88 Å². The normalized spacial score (nSPS) is 10.2. The minimum atomic E-state index is -0.0301. The number of pyridine rings is 1. The predicted molar refractivity (Wildman–Crippen MR) is 82.4 cm³/mol. The molecule has 0 bridgehead atoms. The largest absolute Gasteiger partial charge is 0.476 e. The molecule has 1 aromatic rings. The number of rotatable bonds is 10. The lowest BCUT2D eigenvalue weighted by Crippen LogP contribution is -2.28. The number of hydrogen-bond acceptors (Lipinski definition) is 6. The first-order valence-electron chi connectivity index (χ1n) is 7.06. The average Bonchev–Trinajstić information content (AvgIpc) is 2.48. The molecule has 118 valence electrons. The molecule has 1 heterocycles. The average molecular weight is 296 g/mol. The van der Waals surface area contributed by atoms with Gasteiger partial charge in [0, 0.05) is 26.6 Å². The molecule has 4 N–H and O–H groups in total. The summed E-state index contributed by atoms with van der Waals surface area (Å²) in [7, 11) is 1.60. The van der Waals surface area contributed by atoms with Crippen LogP contribution in [0.4, 0.5) is 11.5 Å². The predicted octanol–water partition coefficient (Wildman–Crippen LogP) is 1.02. The van der Waals surface area contributed by atoms with Gasteiger partial charge in [-0.1, -0.05) is 6.92 Å². The Morgan fingerprint density at radius 3 is 2.86 bits per heavy atom. The maximum atomic E-state index is 11.5. The Labute approximate surface area is 125 Å². The Hall–Kier alpha value is -2.02. The summed E-state index contributed by atoms with van der Waals surface area (Å²) < 4.78 is 10.3. The van der Waals surface area contributed by atoms with E-state index < -0.39 is 0 Å². The number of aromatic nitrogens is 1. The van der Waals surface area contributed by atoms with Gasteiger partial charge in [-0.3, -0.25) is 4.79 Å². The van der Waals surface area contributed by atoms with E-state index in [0.29, 0.717) is 50.1 Å². The number of amides is 1. The lowest BCUT2D eigenvalue weighted by molar-refractivity contribution is -0.121. The number of carbonyl (C=O) groups excluding carboxylic acids is 1. The highest BCUT2D eigenvalue weighted by Gasteiger charge is 2.05.